The molecule has 0 spiro atoms. The van der Waals surface area contributed by atoms with Gasteiger partial charge in [0.2, 0.25) is 0 Å². The van der Waals surface area contributed by atoms with Crippen LogP contribution in [0.3, 0.4) is 0 Å². The molecule has 4 heteroatoms. The van der Waals surface area contributed by atoms with Crippen LogP contribution in [-0.2, 0) is 6.61 Å². The van der Waals surface area contributed by atoms with Crippen molar-refractivity contribution >= 4 is 23.2 Å². The first-order chi connectivity index (χ1) is 9.52. The van der Waals surface area contributed by atoms with E-state index in [9.17, 15) is 0 Å². The number of halogens is 2. The molecule has 0 heterocycles. The highest BCUT2D eigenvalue weighted by atomic mass is 35.5. The van der Waals surface area contributed by atoms with Crippen molar-refractivity contribution in [2.75, 3.05) is 0 Å². The molecule has 0 N–H and O–H groups in total. The zero-order chi connectivity index (χ0) is 14.7. The standard InChI is InChI=1S/C16H13Cl2NO/c1-10-6-12(8-19)7-11(2)16(10)20-9-13-4-3-5-14(17)15(13)18/h3-7H,9H2,1-2H3. The summed E-state index contributed by atoms with van der Waals surface area (Å²) < 4.78 is 5.84. The predicted octanol–water partition coefficient (Wildman–Crippen LogP) is 5.06. The smallest absolute Gasteiger partial charge is 0.125 e. The molecule has 2 nitrogen and oxygen atoms in total. The minimum Gasteiger partial charge on any atom is -0.488 e. The number of hydrogen-bond acceptors (Lipinski definition) is 2. The second-order valence-electron chi connectivity index (χ2n) is 4.55. The van der Waals surface area contributed by atoms with Gasteiger partial charge in [-0.2, -0.15) is 5.26 Å². The quantitative estimate of drug-likeness (QED) is 0.794. The van der Waals surface area contributed by atoms with E-state index in [-0.39, 0.29) is 0 Å². The molecule has 0 saturated carbocycles. The summed E-state index contributed by atoms with van der Waals surface area (Å²) in [6.07, 6.45) is 0. The fourth-order valence-electron chi connectivity index (χ4n) is 2.05. The maximum Gasteiger partial charge on any atom is 0.125 e. The first kappa shape index (κ1) is 14.7. The lowest BCUT2D eigenvalue weighted by Gasteiger charge is -2.13. The maximum absolute atomic E-state index is 8.93. The SMILES string of the molecule is Cc1cc(C#N)cc(C)c1OCc1cccc(Cl)c1Cl. The van der Waals surface area contributed by atoms with Gasteiger partial charge in [-0.1, -0.05) is 35.3 Å². The summed E-state index contributed by atoms with van der Waals surface area (Å²) in [7, 11) is 0. The number of nitrogens with zero attached hydrogens (tertiary/aromatic N) is 1. The number of hydrogen-bond donors (Lipinski definition) is 0. The van der Waals surface area contributed by atoms with E-state index in [1.54, 1.807) is 6.07 Å². The van der Waals surface area contributed by atoms with Gasteiger partial charge < -0.3 is 4.74 Å². The van der Waals surface area contributed by atoms with Crippen molar-refractivity contribution in [3.63, 3.8) is 0 Å². The van der Waals surface area contributed by atoms with Crippen LogP contribution in [0.5, 0.6) is 5.75 Å². The average molecular weight is 306 g/mol. The molecule has 2 aromatic rings. The Hall–Kier alpha value is -1.69. The van der Waals surface area contributed by atoms with E-state index in [4.69, 9.17) is 33.2 Å². The number of nitriles is 1. The van der Waals surface area contributed by atoms with Gasteiger partial charge >= 0.3 is 0 Å². The number of aryl methyl sites for hydroxylation is 2. The summed E-state index contributed by atoms with van der Waals surface area (Å²) in [4.78, 5) is 0. The molecule has 0 saturated heterocycles. The molecule has 2 rings (SSSR count). The van der Waals surface area contributed by atoms with Crippen LogP contribution < -0.4 is 4.74 Å². The van der Waals surface area contributed by atoms with E-state index in [2.05, 4.69) is 6.07 Å². The Kier molecular flexibility index (Phi) is 4.54. The van der Waals surface area contributed by atoms with Gasteiger partial charge in [0.05, 0.1) is 21.7 Å². The predicted molar refractivity (Wildman–Crippen MR) is 81.4 cm³/mol. The van der Waals surface area contributed by atoms with E-state index in [0.717, 1.165) is 22.4 Å². The van der Waals surface area contributed by atoms with E-state index in [1.807, 2.05) is 38.1 Å². The normalized spacial score (nSPS) is 10.2. The Morgan fingerprint density at radius 1 is 1.15 bits per heavy atom. The Balaban J connectivity index is 2.24. The van der Waals surface area contributed by atoms with Crippen LogP contribution in [0.1, 0.15) is 22.3 Å². The molecular weight excluding hydrogens is 293 g/mol. The molecule has 0 unspecified atom stereocenters. The van der Waals surface area contributed by atoms with Crippen molar-refractivity contribution in [2.45, 2.75) is 20.5 Å². The summed E-state index contributed by atoms with van der Waals surface area (Å²) in [5.74, 6) is 0.778. The Morgan fingerprint density at radius 3 is 2.40 bits per heavy atom. The molecule has 0 aromatic heterocycles. The van der Waals surface area contributed by atoms with Crippen LogP contribution >= 0.6 is 23.2 Å². The molecule has 0 aliphatic heterocycles. The molecule has 0 aliphatic carbocycles. The van der Waals surface area contributed by atoms with Crippen LogP contribution in [0.25, 0.3) is 0 Å². The second kappa shape index (κ2) is 6.17. The lowest BCUT2D eigenvalue weighted by molar-refractivity contribution is 0.302. The van der Waals surface area contributed by atoms with Crippen molar-refractivity contribution in [3.8, 4) is 11.8 Å². The van der Waals surface area contributed by atoms with E-state index >= 15 is 0 Å². The van der Waals surface area contributed by atoms with Gasteiger partial charge in [0.15, 0.2) is 0 Å². The minimum atomic E-state index is 0.340. The molecule has 0 atom stereocenters. The van der Waals surface area contributed by atoms with Crippen molar-refractivity contribution in [3.05, 3.63) is 62.6 Å². The molecule has 0 amide bonds. The number of benzene rings is 2. The Morgan fingerprint density at radius 2 is 1.80 bits per heavy atom. The fourth-order valence-corrected chi connectivity index (χ4v) is 2.43. The molecule has 0 aliphatic rings. The van der Waals surface area contributed by atoms with E-state index in [0.29, 0.717) is 22.2 Å². The highest BCUT2D eigenvalue weighted by molar-refractivity contribution is 6.42. The second-order valence-corrected chi connectivity index (χ2v) is 5.34. The number of ether oxygens (including phenoxy) is 1. The molecule has 0 bridgehead atoms. The van der Waals surface area contributed by atoms with Gasteiger partial charge in [0.1, 0.15) is 12.4 Å². The highest BCUT2D eigenvalue weighted by Crippen LogP contribution is 2.29. The van der Waals surface area contributed by atoms with Crippen molar-refractivity contribution in [2.24, 2.45) is 0 Å². The fraction of sp³-hybridized carbons (Fsp3) is 0.188. The summed E-state index contributed by atoms with van der Waals surface area (Å²) in [6, 6.07) is 11.2. The van der Waals surface area contributed by atoms with Gasteiger partial charge in [-0.3, -0.25) is 0 Å². The van der Waals surface area contributed by atoms with Crippen molar-refractivity contribution in [1.82, 2.24) is 0 Å². The van der Waals surface area contributed by atoms with Gasteiger partial charge in [0.25, 0.3) is 0 Å². The zero-order valence-corrected chi connectivity index (χ0v) is 12.7. The van der Waals surface area contributed by atoms with Crippen LogP contribution in [0.4, 0.5) is 0 Å². The largest absolute Gasteiger partial charge is 0.488 e. The minimum absolute atomic E-state index is 0.340. The van der Waals surface area contributed by atoms with Crippen LogP contribution in [0.2, 0.25) is 10.0 Å². The van der Waals surface area contributed by atoms with Gasteiger partial charge in [0, 0.05) is 5.56 Å². The Bertz CT molecular complexity index is 666. The topological polar surface area (TPSA) is 33.0 Å². The van der Waals surface area contributed by atoms with Gasteiger partial charge in [-0.25, -0.2) is 0 Å². The Labute approximate surface area is 128 Å². The zero-order valence-electron chi connectivity index (χ0n) is 11.2. The van der Waals surface area contributed by atoms with E-state index < -0.39 is 0 Å². The molecular formula is C16H13Cl2NO. The van der Waals surface area contributed by atoms with Crippen molar-refractivity contribution < 1.29 is 4.74 Å². The van der Waals surface area contributed by atoms with Crippen molar-refractivity contribution in [1.29, 1.82) is 5.26 Å². The third-order valence-corrected chi connectivity index (χ3v) is 3.85. The summed E-state index contributed by atoms with van der Waals surface area (Å²) in [6.45, 7) is 4.18. The molecule has 2 aromatic carbocycles. The highest BCUT2D eigenvalue weighted by Gasteiger charge is 2.09. The van der Waals surface area contributed by atoms with Gasteiger partial charge in [-0.05, 0) is 43.2 Å². The third-order valence-electron chi connectivity index (χ3n) is 2.99. The molecule has 0 radical (unpaired) electrons. The molecule has 102 valence electrons. The third kappa shape index (κ3) is 3.07. The van der Waals surface area contributed by atoms with Crippen LogP contribution in [-0.4, -0.2) is 0 Å². The number of rotatable bonds is 3. The lowest BCUT2D eigenvalue weighted by atomic mass is 10.1. The average Bonchev–Trinajstić information content (AvgIpc) is 2.42. The van der Waals surface area contributed by atoms with E-state index in [1.165, 1.54) is 0 Å². The van der Waals surface area contributed by atoms with Crippen LogP contribution in [0, 0.1) is 25.2 Å². The summed E-state index contributed by atoms with van der Waals surface area (Å²) in [5.41, 5.74) is 3.33. The van der Waals surface area contributed by atoms with Gasteiger partial charge in [-0.15, -0.1) is 0 Å². The maximum atomic E-state index is 8.93. The molecule has 20 heavy (non-hydrogen) atoms. The lowest BCUT2D eigenvalue weighted by Crippen LogP contribution is -2.00. The summed E-state index contributed by atoms with van der Waals surface area (Å²) in [5, 5.41) is 9.96. The first-order valence-corrected chi connectivity index (χ1v) is 6.85. The van der Waals surface area contributed by atoms with Crippen LogP contribution in [0.15, 0.2) is 30.3 Å². The monoisotopic (exact) mass is 305 g/mol. The summed E-state index contributed by atoms with van der Waals surface area (Å²) >= 11 is 12.1. The molecule has 0 fully saturated rings. The first-order valence-electron chi connectivity index (χ1n) is 6.10.